The molecule has 0 fully saturated rings. The van der Waals surface area contributed by atoms with Crippen LogP contribution in [0.2, 0.25) is 5.02 Å². The van der Waals surface area contributed by atoms with Gasteiger partial charge in [-0.15, -0.1) is 0 Å². The molecule has 5 heteroatoms. The number of nitrogens with one attached hydrogen (secondary N) is 1. The standard InChI is InChI=1S/C14H13BrClNOS/c1-9(7-10-5-6-19-8-10)17-14(18)11-3-2-4-12(15)13(11)16/h2-6,8-9H,7H2,1H3,(H,17,18). The Kier molecular flexibility index (Phi) is 5.02. The maximum Gasteiger partial charge on any atom is 0.253 e. The smallest absolute Gasteiger partial charge is 0.253 e. The van der Waals surface area contributed by atoms with Crippen molar-refractivity contribution in [1.82, 2.24) is 5.32 Å². The summed E-state index contributed by atoms with van der Waals surface area (Å²) in [5.74, 6) is -0.144. The van der Waals surface area contributed by atoms with E-state index in [0.717, 1.165) is 10.9 Å². The molecule has 0 aliphatic carbocycles. The summed E-state index contributed by atoms with van der Waals surface area (Å²) in [5.41, 5.74) is 1.73. The van der Waals surface area contributed by atoms with Crippen molar-refractivity contribution in [3.63, 3.8) is 0 Å². The van der Waals surface area contributed by atoms with Gasteiger partial charge in [0.15, 0.2) is 0 Å². The van der Waals surface area contributed by atoms with Crippen LogP contribution in [0.15, 0.2) is 39.5 Å². The van der Waals surface area contributed by atoms with Gasteiger partial charge in [-0.25, -0.2) is 0 Å². The van der Waals surface area contributed by atoms with Crippen molar-refractivity contribution in [3.8, 4) is 0 Å². The molecule has 19 heavy (non-hydrogen) atoms. The number of hydrogen-bond acceptors (Lipinski definition) is 2. The van der Waals surface area contributed by atoms with Crippen LogP contribution in [0.4, 0.5) is 0 Å². The first-order valence-corrected chi connectivity index (χ1v) is 7.95. The fraction of sp³-hybridized carbons (Fsp3) is 0.214. The number of hydrogen-bond donors (Lipinski definition) is 1. The minimum absolute atomic E-state index is 0.0668. The highest BCUT2D eigenvalue weighted by Crippen LogP contribution is 2.26. The van der Waals surface area contributed by atoms with Gasteiger partial charge < -0.3 is 5.32 Å². The number of carbonyl (C=O) groups is 1. The lowest BCUT2D eigenvalue weighted by Gasteiger charge is -2.14. The van der Waals surface area contributed by atoms with Gasteiger partial charge in [0.25, 0.3) is 5.91 Å². The summed E-state index contributed by atoms with van der Waals surface area (Å²) in [6, 6.07) is 7.47. The first-order chi connectivity index (χ1) is 9.08. The minimum atomic E-state index is -0.144. The average Bonchev–Trinajstić information content (AvgIpc) is 2.85. The average molecular weight is 359 g/mol. The summed E-state index contributed by atoms with van der Waals surface area (Å²) in [5, 5.41) is 7.54. The molecule has 0 radical (unpaired) electrons. The van der Waals surface area contributed by atoms with Crippen molar-refractivity contribution in [2.45, 2.75) is 19.4 Å². The molecule has 2 aromatic rings. The van der Waals surface area contributed by atoms with E-state index in [1.807, 2.05) is 18.4 Å². The predicted molar refractivity (Wildman–Crippen MR) is 84.1 cm³/mol. The molecule has 2 rings (SSSR count). The normalized spacial score (nSPS) is 12.2. The van der Waals surface area contributed by atoms with E-state index in [4.69, 9.17) is 11.6 Å². The Bertz CT molecular complexity index is 571. The van der Waals surface area contributed by atoms with Crippen LogP contribution >= 0.6 is 38.9 Å². The molecule has 1 N–H and O–H groups in total. The second-order valence-electron chi connectivity index (χ2n) is 4.31. The molecule has 0 aliphatic rings. The molecule has 0 aliphatic heterocycles. The molecule has 100 valence electrons. The molecule has 0 saturated carbocycles. The van der Waals surface area contributed by atoms with Crippen LogP contribution in [0.5, 0.6) is 0 Å². The Labute approximate surface area is 129 Å². The molecule has 1 unspecified atom stereocenters. The fourth-order valence-corrected chi connectivity index (χ4v) is 3.05. The van der Waals surface area contributed by atoms with E-state index in [9.17, 15) is 4.79 Å². The monoisotopic (exact) mass is 357 g/mol. The van der Waals surface area contributed by atoms with Crippen LogP contribution in [0.1, 0.15) is 22.8 Å². The molecule has 2 nitrogen and oxygen atoms in total. The fourth-order valence-electron chi connectivity index (χ4n) is 1.79. The molecule has 1 atom stereocenters. The largest absolute Gasteiger partial charge is 0.349 e. The number of benzene rings is 1. The lowest BCUT2D eigenvalue weighted by atomic mass is 10.1. The third-order valence-electron chi connectivity index (χ3n) is 2.70. The van der Waals surface area contributed by atoms with E-state index in [0.29, 0.717) is 10.6 Å². The number of carbonyl (C=O) groups excluding carboxylic acids is 1. The van der Waals surface area contributed by atoms with E-state index in [2.05, 4.69) is 32.7 Å². The lowest BCUT2D eigenvalue weighted by Crippen LogP contribution is -2.34. The van der Waals surface area contributed by atoms with E-state index in [1.165, 1.54) is 5.56 Å². The highest BCUT2D eigenvalue weighted by molar-refractivity contribution is 9.10. The first-order valence-electron chi connectivity index (χ1n) is 5.84. The van der Waals surface area contributed by atoms with Crippen LogP contribution in [0.25, 0.3) is 0 Å². The number of thiophene rings is 1. The van der Waals surface area contributed by atoms with Gasteiger partial charge in [0.2, 0.25) is 0 Å². The topological polar surface area (TPSA) is 29.1 Å². The second-order valence-corrected chi connectivity index (χ2v) is 6.32. The highest BCUT2D eigenvalue weighted by Gasteiger charge is 2.14. The maximum atomic E-state index is 12.1. The third kappa shape index (κ3) is 3.81. The Morgan fingerprint density at radius 3 is 2.95 bits per heavy atom. The van der Waals surface area contributed by atoms with Gasteiger partial charge in [0.05, 0.1) is 10.6 Å². The number of rotatable bonds is 4. The highest BCUT2D eigenvalue weighted by atomic mass is 79.9. The Morgan fingerprint density at radius 2 is 2.26 bits per heavy atom. The van der Waals surface area contributed by atoms with Gasteiger partial charge in [0.1, 0.15) is 0 Å². The summed E-state index contributed by atoms with van der Waals surface area (Å²) in [7, 11) is 0. The van der Waals surface area contributed by atoms with E-state index < -0.39 is 0 Å². The molecule has 1 amide bonds. The van der Waals surface area contributed by atoms with Crippen molar-refractivity contribution < 1.29 is 4.79 Å². The van der Waals surface area contributed by atoms with E-state index in [-0.39, 0.29) is 11.9 Å². The van der Waals surface area contributed by atoms with Gasteiger partial charge in [0, 0.05) is 10.5 Å². The summed E-state index contributed by atoms with van der Waals surface area (Å²) in [4.78, 5) is 12.1. The zero-order chi connectivity index (χ0) is 13.8. The molecular formula is C14H13BrClNOS. The lowest BCUT2D eigenvalue weighted by molar-refractivity contribution is 0.0940. The van der Waals surface area contributed by atoms with Crippen molar-refractivity contribution >= 4 is 44.8 Å². The molecule has 0 bridgehead atoms. The van der Waals surface area contributed by atoms with Crippen molar-refractivity contribution in [1.29, 1.82) is 0 Å². The van der Waals surface area contributed by atoms with Gasteiger partial charge in [-0.05, 0) is 63.8 Å². The van der Waals surface area contributed by atoms with Crippen LogP contribution in [0, 0.1) is 0 Å². The van der Waals surface area contributed by atoms with Crippen LogP contribution in [-0.4, -0.2) is 11.9 Å². The zero-order valence-corrected chi connectivity index (χ0v) is 13.5. The summed E-state index contributed by atoms with van der Waals surface area (Å²) >= 11 is 11.1. The Morgan fingerprint density at radius 1 is 1.47 bits per heavy atom. The summed E-state index contributed by atoms with van der Waals surface area (Å²) in [6.45, 7) is 1.99. The van der Waals surface area contributed by atoms with Crippen LogP contribution in [0.3, 0.4) is 0 Å². The minimum Gasteiger partial charge on any atom is -0.349 e. The maximum absolute atomic E-state index is 12.1. The molecule has 1 heterocycles. The first kappa shape index (κ1) is 14.6. The van der Waals surface area contributed by atoms with E-state index in [1.54, 1.807) is 23.5 Å². The van der Waals surface area contributed by atoms with E-state index >= 15 is 0 Å². The Balaban J connectivity index is 2.02. The quantitative estimate of drug-likeness (QED) is 0.855. The molecule has 0 saturated heterocycles. The van der Waals surface area contributed by atoms with Crippen molar-refractivity contribution in [3.05, 3.63) is 55.6 Å². The number of halogens is 2. The summed E-state index contributed by atoms with van der Waals surface area (Å²) < 4.78 is 0.729. The summed E-state index contributed by atoms with van der Waals surface area (Å²) in [6.07, 6.45) is 0.820. The second kappa shape index (κ2) is 6.55. The van der Waals surface area contributed by atoms with Crippen molar-refractivity contribution in [2.75, 3.05) is 0 Å². The molecule has 0 spiro atoms. The zero-order valence-electron chi connectivity index (χ0n) is 10.3. The van der Waals surface area contributed by atoms with Crippen LogP contribution < -0.4 is 5.32 Å². The molecule has 1 aromatic carbocycles. The number of amides is 1. The van der Waals surface area contributed by atoms with Gasteiger partial charge in [-0.1, -0.05) is 17.7 Å². The third-order valence-corrected chi connectivity index (χ3v) is 4.72. The van der Waals surface area contributed by atoms with Gasteiger partial charge in [-0.3, -0.25) is 4.79 Å². The Hall–Kier alpha value is -0.840. The van der Waals surface area contributed by atoms with Gasteiger partial charge in [-0.2, -0.15) is 11.3 Å². The van der Waals surface area contributed by atoms with Crippen molar-refractivity contribution in [2.24, 2.45) is 0 Å². The van der Waals surface area contributed by atoms with Crippen LogP contribution in [-0.2, 0) is 6.42 Å². The SMILES string of the molecule is CC(Cc1ccsc1)NC(=O)c1cccc(Br)c1Cl. The molecule has 1 aromatic heterocycles. The molecular weight excluding hydrogens is 346 g/mol. The van der Waals surface area contributed by atoms with Gasteiger partial charge >= 0.3 is 0 Å². The predicted octanol–water partition coefficient (Wildman–Crippen LogP) is 4.53.